The van der Waals surface area contributed by atoms with Crippen LogP contribution in [0.4, 0.5) is 4.39 Å². The number of aromatic carboxylic acids is 1. The lowest BCUT2D eigenvalue weighted by Crippen LogP contribution is -2.40. The van der Waals surface area contributed by atoms with Crippen molar-refractivity contribution in [1.82, 2.24) is 4.90 Å². The second-order valence-corrected chi connectivity index (χ2v) is 10.3. The fourth-order valence-corrected chi connectivity index (χ4v) is 5.83. The number of carboxylic acids is 1. The van der Waals surface area contributed by atoms with Gasteiger partial charge in [0.15, 0.2) is 0 Å². The molecular formula is C33H34FNO2. The molecule has 5 rings (SSSR count). The van der Waals surface area contributed by atoms with Crippen LogP contribution in [0.15, 0.2) is 66.2 Å². The van der Waals surface area contributed by atoms with Gasteiger partial charge in [0.2, 0.25) is 0 Å². The number of alkyl halides is 1. The predicted molar refractivity (Wildman–Crippen MR) is 150 cm³/mol. The van der Waals surface area contributed by atoms with E-state index in [0.29, 0.717) is 12.0 Å². The Balaban J connectivity index is 1.57. The number of rotatable bonds is 7. The first-order chi connectivity index (χ1) is 17.9. The molecule has 0 radical (unpaired) electrons. The summed E-state index contributed by atoms with van der Waals surface area (Å²) >= 11 is 0. The van der Waals surface area contributed by atoms with Gasteiger partial charge in [0, 0.05) is 19.6 Å². The molecule has 1 aliphatic heterocycles. The maximum absolute atomic E-state index is 12.4. The van der Waals surface area contributed by atoms with Gasteiger partial charge in [-0.3, -0.25) is 9.29 Å². The van der Waals surface area contributed by atoms with E-state index in [4.69, 9.17) is 0 Å². The first kappa shape index (κ1) is 25.2. The van der Waals surface area contributed by atoms with Gasteiger partial charge in [-0.05, 0) is 107 Å². The smallest absolute Gasteiger partial charge is 0.335 e. The zero-order valence-electron chi connectivity index (χ0n) is 21.7. The molecule has 3 aromatic rings. The molecule has 37 heavy (non-hydrogen) atoms. The molecule has 0 atom stereocenters. The summed E-state index contributed by atoms with van der Waals surface area (Å²) < 4.78 is 12.4. The number of aryl methyl sites for hydroxylation is 3. The van der Waals surface area contributed by atoms with E-state index in [1.807, 2.05) is 12.1 Å². The molecule has 2 aliphatic rings. The average molecular weight is 496 g/mol. The zero-order chi connectivity index (χ0) is 25.9. The molecule has 3 aromatic carbocycles. The topological polar surface area (TPSA) is 40.5 Å². The van der Waals surface area contributed by atoms with E-state index < -0.39 is 5.97 Å². The second-order valence-electron chi connectivity index (χ2n) is 10.3. The van der Waals surface area contributed by atoms with E-state index in [1.54, 1.807) is 6.07 Å². The van der Waals surface area contributed by atoms with Crippen LogP contribution in [0.2, 0.25) is 0 Å². The van der Waals surface area contributed by atoms with Gasteiger partial charge >= 0.3 is 5.97 Å². The fraction of sp³-hybridized carbons (Fsp3) is 0.303. The van der Waals surface area contributed by atoms with Gasteiger partial charge in [0.1, 0.15) is 0 Å². The summed E-state index contributed by atoms with van der Waals surface area (Å²) in [4.78, 5) is 14.0. The zero-order valence-corrected chi connectivity index (χ0v) is 21.7. The van der Waals surface area contributed by atoms with Crippen LogP contribution in [0.1, 0.15) is 68.6 Å². The Hall–Kier alpha value is -3.50. The van der Waals surface area contributed by atoms with Gasteiger partial charge in [-0.1, -0.05) is 54.6 Å². The number of fused-ring (bicyclic) bond motifs is 1. The Bertz CT molecular complexity index is 1360. The third kappa shape index (κ3) is 5.30. The van der Waals surface area contributed by atoms with E-state index in [-0.39, 0.29) is 6.67 Å². The molecule has 1 saturated heterocycles. The molecule has 1 heterocycles. The van der Waals surface area contributed by atoms with Crippen LogP contribution in [-0.4, -0.2) is 42.3 Å². The monoisotopic (exact) mass is 495 g/mol. The average Bonchev–Trinajstić information content (AvgIpc) is 3.04. The molecule has 1 aliphatic carbocycles. The largest absolute Gasteiger partial charge is 0.478 e. The highest BCUT2D eigenvalue weighted by molar-refractivity contribution is 6.01. The van der Waals surface area contributed by atoms with E-state index in [2.05, 4.69) is 67.3 Å². The minimum absolute atomic E-state index is 0.252. The predicted octanol–water partition coefficient (Wildman–Crippen LogP) is 7.36. The fourth-order valence-electron chi connectivity index (χ4n) is 5.83. The number of likely N-dealkylation sites (tertiary alicyclic amines) is 1. The molecule has 0 bridgehead atoms. The van der Waals surface area contributed by atoms with E-state index in [0.717, 1.165) is 55.6 Å². The summed E-state index contributed by atoms with van der Waals surface area (Å²) in [6.07, 6.45) is 5.63. The first-order valence-electron chi connectivity index (χ1n) is 13.2. The number of nitrogens with zero attached hydrogens (tertiary/aromatic N) is 1. The molecule has 0 aromatic heterocycles. The normalized spacial score (nSPS) is 15.7. The number of hydrogen-bond acceptors (Lipinski definition) is 2. The van der Waals surface area contributed by atoms with Gasteiger partial charge in [-0.25, -0.2) is 4.79 Å². The molecule has 0 spiro atoms. The minimum atomic E-state index is -0.885. The van der Waals surface area contributed by atoms with Crippen LogP contribution in [-0.2, 0) is 6.42 Å². The Kier molecular flexibility index (Phi) is 7.38. The molecule has 0 unspecified atom stereocenters. The number of hydrogen-bond donors (Lipinski definition) is 1. The van der Waals surface area contributed by atoms with Crippen molar-refractivity contribution in [1.29, 1.82) is 0 Å². The van der Waals surface area contributed by atoms with Gasteiger partial charge < -0.3 is 5.11 Å². The quantitative estimate of drug-likeness (QED) is 0.372. The summed E-state index contributed by atoms with van der Waals surface area (Å²) in [6, 6.07) is 20.8. The van der Waals surface area contributed by atoms with Crippen LogP contribution in [0.3, 0.4) is 0 Å². The van der Waals surface area contributed by atoms with Crippen molar-refractivity contribution in [3.05, 3.63) is 111 Å². The van der Waals surface area contributed by atoms with Crippen molar-refractivity contribution >= 4 is 23.2 Å². The second kappa shape index (κ2) is 10.9. The summed E-state index contributed by atoms with van der Waals surface area (Å²) in [5.41, 5.74) is 12.7. The number of halogens is 1. The molecule has 190 valence electrons. The third-order valence-corrected chi connectivity index (χ3v) is 7.61. The van der Waals surface area contributed by atoms with Crippen molar-refractivity contribution in [2.45, 2.75) is 39.5 Å². The molecule has 0 amide bonds. The Morgan fingerprint density at radius 1 is 1.00 bits per heavy atom. The molecule has 3 nitrogen and oxygen atoms in total. The van der Waals surface area contributed by atoms with Crippen LogP contribution in [0.5, 0.6) is 0 Å². The van der Waals surface area contributed by atoms with Gasteiger partial charge in [-0.15, -0.1) is 0 Å². The maximum Gasteiger partial charge on any atom is 0.335 e. The minimum Gasteiger partial charge on any atom is -0.478 e. The standard InChI is InChI=1S/C33H34FNO2/c1-22-6-3-7-23(2)31(22)30-9-4-8-27-19-28(33(36)37)14-15-29(27)32(30)26-12-10-24(11-13-26)18-25-20-35(21-25)17-5-16-34/h3,6-7,10-15,18-19H,4-5,8-9,16-17,20-21H2,1-2H3,(H,36,37). The Labute approximate surface area is 219 Å². The van der Waals surface area contributed by atoms with Gasteiger partial charge in [-0.2, -0.15) is 0 Å². The summed E-state index contributed by atoms with van der Waals surface area (Å²) in [6.45, 7) is 6.77. The van der Waals surface area contributed by atoms with Gasteiger partial charge in [0.25, 0.3) is 0 Å². The highest BCUT2D eigenvalue weighted by atomic mass is 19.1. The Morgan fingerprint density at radius 3 is 2.41 bits per heavy atom. The first-order valence-corrected chi connectivity index (χ1v) is 13.2. The van der Waals surface area contributed by atoms with Gasteiger partial charge in [0.05, 0.1) is 12.2 Å². The van der Waals surface area contributed by atoms with Crippen LogP contribution < -0.4 is 0 Å². The maximum atomic E-state index is 12.4. The lowest BCUT2D eigenvalue weighted by atomic mass is 9.84. The molecule has 0 saturated carbocycles. The van der Waals surface area contributed by atoms with Crippen molar-refractivity contribution in [3.63, 3.8) is 0 Å². The van der Waals surface area contributed by atoms with E-state index in [1.165, 1.54) is 39.0 Å². The van der Waals surface area contributed by atoms with E-state index >= 15 is 0 Å². The summed E-state index contributed by atoms with van der Waals surface area (Å²) in [5.74, 6) is -0.885. The number of carboxylic acid groups (broad SMARTS) is 1. The number of carbonyl (C=O) groups is 1. The summed E-state index contributed by atoms with van der Waals surface area (Å²) in [7, 11) is 0. The van der Waals surface area contributed by atoms with Crippen LogP contribution in [0, 0.1) is 13.8 Å². The van der Waals surface area contributed by atoms with E-state index in [9.17, 15) is 14.3 Å². The lowest BCUT2D eigenvalue weighted by Gasteiger charge is -2.33. The molecule has 4 heteroatoms. The highest BCUT2D eigenvalue weighted by Gasteiger charge is 2.23. The third-order valence-electron chi connectivity index (χ3n) is 7.61. The lowest BCUT2D eigenvalue weighted by molar-refractivity contribution is 0.0696. The number of benzene rings is 3. The van der Waals surface area contributed by atoms with Crippen molar-refractivity contribution in [2.24, 2.45) is 0 Å². The van der Waals surface area contributed by atoms with Crippen molar-refractivity contribution in [2.75, 3.05) is 26.3 Å². The molecular weight excluding hydrogens is 461 g/mol. The number of allylic oxidation sites excluding steroid dienone is 1. The van der Waals surface area contributed by atoms with Crippen LogP contribution in [0.25, 0.3) is 17.2 Å². The highest BCUT2D eigenvalue weighted by Crippen LogP contribution is 2.42. The Morgan fingerprint density at radius 2 is 1.73 bits per heavy atom. The summed E-state index contributed by atoms with van der Waals surface area (Å²) in [5, 5.41) is 9.59. The SMILES string of the molecule is Cc1cccc(C)c1C1=C(c2ccc(C=C3CN(CCCF)C3)cc2)c2ccc(C(=O)O)cc2CCC1. The van der Waals surface area contributed by atoms with Crippen LogP contribution >= 0.6 is 0 Å². The molecule has 1 N–H and O–H groups in total. The van der Waals surface area contributed by atoms with Crippen molar-refractivity contribution in [3.8, 4) is 0 Å². The van der Waals surface area contributed by atoms with Crippen molar-refractivity contribution < 1.29 is 14.3 Å². The molecule has 1 fully saturated rings.